The van der Waals surface area contributed by atoms with Crippen LogP contribution in [-0.2, 0) is 0 Å². The predicted molar refractivity (Wildman–Crippen MR) is 81.9 cm³/mol. The molecule has 0 spiro atoms. The van der Waals surface area contributed by atoms with E-state index in [4.69, 9.17) is 4.74 Å². The van der Waals surface area contributed by atoms with Crippen molar-refractivity contribution >= 4 is 0 Å². The van der Waals surface area contributed by atoms with Crippen molar-refractivity contribution in [1.29, 1.82) is 0 Å². The Hall–Kier alpha value is -1.06. The van der Waals surface area contributed by atoms with Crippen LogP contribution in [0.1, 0.15) is 26.3 Å². The lowest BCUT2D eigenvalue weighted by Gasteiger charge is -2.20. The Morgan fingerprint density at radius 3 is 2.63 bits per heavy atom. The smallest absolute Gasteiger partial charge is 0.120 e. The van der Waals surface area contributed by atoms with Crippen molar-refractivity contribution in [2.24, 2.45) is 0 Å². The largest absolute Gasteiger partial charge is 0.489 e. The molecular formula is C16H28N2O. The van der Waals surface area contributed by atoms with Crippen LogP contribution in [0.15, 0.2) is 24.3 Å². The van der Waals surface area contributed by atoms with Crippen molar-refractivity contribution in [3.8, 4) is 5.75 Å². The number of hydrogen-bond acceptors (Lipinski definition) is 3. The normalized spacial score (nSPS) is 12.7. The van der Waals surface area contributed by atoms with Crippen LogP contribution < -0.4 is 10.1 Å². The Morgan fingerprint density at radius 2 is 2.00 bits per heavy atom. The lowest BCUT2D eigenvalue weighted by atomic mass is 10.2. The number of nitrogens with one attached hydrogen (secondary N) is 1. The van der Waals surface area contributed by atoms with E-state index in [-0.39, 0.29) is 6.10 Å². The maximum atomic E-state index is 5.88. The number of rotatable bonds is 9. The second-order valence-electron chi connectivity index (χ2n) is 4.98. The number of nitrogens with zero attached hydrogens (tertiary/aromatic N) is 1. The van der Waals surface area contributed by atoms with Crippen molar-refractivity contribution in [2.75, 3.05) is 32.7 Å². The molecule has 1 unspecified atom stereocenters. The molecule has 0 aliphatic carbocycles. The van der Waals surface area contributed by atoms with E-state index in [1.807, 2.05) is 12.1 Å². The molecule has 1 rings (SSSR count). The summed E-state index contributed by atoms with van der Waals surface area (Å²) in [7, 11) is 0. The van der Waals surface area contributed by atoms with Crippen LogP contribution in [0.4, 0.5) is 0 Å². The summed E-state index contributed by atoms with van der Waals surface area (Å²) in [6, 6.07) is 8.21. The second kappa shape index (κ2) is 8.94. The van der Waals surface area contributed by atoms with Gasteiger partial charge in [-0.2, -0.15) is 0 Å². The topological polar surface area (TPSA) is 24.5 Å². The highest BCUT2D eigenvalue weighted by Gasteiger charge is 2.04. The molecule has 3 nitrogen and oxygen atoms in total. The van der Waals surface area contributed by atoms with Gasteiger partial charge in [0.1, 0.15) is 11.9 Å². The van der Waals surface area contributed by atoms with E-state index in [1.165, 1.54) is 5.56 Å². The fraction of sp³-hybridized carbons (Fsp3) is 0.625. The van der Waals surface area contributed by atoms with Crippen LogP contribution >= 0.6 is 0 Å². The van der Waals surface area contributed by atoms with Crippen LogP contribution in [0, 0.1) is 6.92 Å². The average Bonchev–Trinajstić information content (AvgIpc) is 2.39. The molecule has 0 bridgehead atoms. The summed E-state index contributed by atoms with van der Waals surface area (Å²) < 4.78 is 5.88. The first-order valence-corrected chi connectivity index (χ1v) is 7.32. The van der Waals surface area contributed by atoms with Gasteiger partial charge in [0.05, 0.1) is 0 Å². The van der Waals surface area contributed by atoms with Gasteiger partial charge in [-0.25, -0.2) is 0 Å². The van der Waals surface area contributed by atoms with Gasteiger partial charge in [-0.1, -0.05) is 26.0 Å². The van der Waals surface area contributed by atoms with E-state index in [0.29, 0.717) is 0 Å². The monoisotopic (exact) mass is 264 g/mol. The number of benzene rings is 1. The molecule has 0 saturated carbocycles. The van der Waals surface area contributed by atoms with Gasteiger partial charge in [-0.15, -0.1) is 0 Å². The van der Waals surface area contributed by atoms with E-state index < -0.39 is 0 Å². The first kappa shape index (κ1) is 16.0. The van der Waals surface area contributed by atoms with Gasteiger partial charge in [0.25, 0.3) is 0 Å². The highest BCUT2D eigenvalue weighted by molar-refractivity contribution is 5.27. The summed E-state index contributed by atoms with van der Waals surface area (Å²) in [4.78, 5) is 2.42. The first-order chi connectivity index (χ1) is 9.15. The second-order valence-corrected chi connectivity index (χ2v) is 4.98. The maximum absolute atomic E-state index is 5.88. The van der Waals surface area contributed by atoms with Gasteiger partial charge in [0, 0.05) is 19.6 Å². The highest BCUT2D eigenvalue weighted by Crippen LogP contribution is 2.13. The van der Waals surface area contributed by atoms with Crippen LogP contribution in [0.5, 0.6) is 5.75 Å². The van der Waals surface area contributed by atoms with Gasteiger partial charge in [-0.05, 0) is 44.6 Å². The van der Waals surface area contributed by atoms with Crippen molar-refractivity contribution in [3.63, 3.8) is 0 Å². The Morgan fingerprint density at radius 1 is 1.26 bits per heavy atom. The molecule has 0 radical (unpaired) electrons. The molecule has 0 heterocycles. The minimum atomic E-state index is 0.193. The van der Waals surface area contributed by atoms with Gasteiger partial charge >= 0.3 is 0 Å². The lowest BCUT2D eigenvalue weighted by molar-refractivity contribution is 0.213. The Balaban J connectivity index is 2.19. The number of likely N-dealkylation sites (N-methyl/N-ethyl adjacent to an activating group) is 1. The summed E-state index contributed by atoms with van der Waals surface area (Å²) in [6.45, 7) is 13.8. The number of aryl methyl sites for hydroxylation is 1. The van der Waals surface area contributed by atoms with Crippen LogP contribution in [0.3, 0.4) is 0 Å². The first-order valence-electron chi connectivity index (χ1n) is 7.32. The molecular weight excluding hydrogens is 236 g/mol. The highest BCUT2D eigenvalue weighted by atomic mass is 16.5. The minimum Gasteiger partial charge on any atom is -0.489 e. The molecule has 19 heavy (non-hydrogen) atoms. The molecule has 0 aliphatic heterocycles. The lowest BCUT2D eigenvalue weighted by Crippen LogP contribution is -2.36. The Labute approximate surface area is 118 Å². The van der Waals surface area contributed by atoms with Crippen molar-refractivity contribution in [3.05, 3.63) is 29.8 Å². The fourth-order valence-corrected chi connectivity index (χ4v) is 2.04. The summed E-state index contributed by atoms with van der Waals surface area (Å²) in [5.41, 5.74) is 1.24. The van der Waals surface area contributed by atoms with Gasteiger partial charge in [0.2, 0.25) is 0 Å². The zero-order valence-electron chi connectivity index (χ0n) is 12.8. The third-order valence-corrected chi connectivity index (χ3v) is 3.26. The average molecular weight is 264 g/mol. The summed E-state index contributed by atoms with van der Waals surface area (Å²) in [6.07, 6.45) is 0.193. The van der Waals surface area contributed by atoms with Gasteiger partial charge in [-0.3, -0.25) is 0 Å². The molecule has 1 aromatic rings. The van der Waals surface area contributed by atoms with Gasteiger partial charge < -0.3 is 15.0 Å². The summed E-state index contributed by atoms with van der Waals surface area (Å²) >= 11 is 0. The van der Waals surface area contributed by atoms with Crippen molar-refractivity contribution < 1.29 is 4.74 Å². The third kappa shape index (κ3) is 6.60. The molecule has 3 heteroatoms. The number of hydrogen-bond donors (Lipinski definition) is 1. The third-order valence-electron chi connectivity index (χ3n) is 3.26. The van der Waals surface area contributed by atoms with Crippen molar-refractivity contribution in [2.45, 2.75) is 33.8 Å². The molecule has 1 N–H and O–H groups in total. The van der Waals surface area contributed by atoms with E-state index in [9.17, 15) is 0 Å². The molecule has 0 amide bonds. The minimum absolute atomic E-state index is 0.193. The summed E-state index contributed by atoms with van der Waals surface area (Å²) in [5.74, 6) is 0.957. The molecule has 0 fully saturated rings. The van der Waals surface area contributed by atoms with E-state index in [0.717, 1.165) is 38.5 Å². The van der Waals surface area contributed by atoms with Crippen LogP contribution in [0.25, 0.3) is 0 Å². The Kier molecular flexibility index (Phi) is 7.53. The molecule has 0 aliphatic rings. The number of ether oxygens (including phenoxy) is 1. The van der Waals surface area contributed by atoms with E-state index >= 15 is 0 Å². The predicted octanol–water partition coefficient (Wildman–Crippen LogP) is 2.69. The van der Waals surface area contributed by atoms with Crippen LogP contribution in [-0.4, -0.2) is 43.7 Å². The van der Waals surface area contributed by atoms with E-state index in [2.05, 4.69) is 50.0 Å². The zero-order valence-corrected chi connectivity index (χ0v) is 12.8. The molecule has 108 valence electrons. The zero-order chi connectivity index (χ0) is 14.1. The molecule has 0 aromatic heterocycles. The van der Waals surface area contributed by atoms with Crippen molar-refractivity contribution in [1.82, 2.24) is 10.2 Å². The molecule has 1 aromatic carbocycles. The van der Waals surface area contributed by atoms with Gasteiger partial charge in [0.15, 0.2) is 0 Å². The SMILES string of the molecule is CCN(CC)CCNCC(C)Oc1cccc(C)c1. The fourth-order valence-electron chi connectivity index (χ4n) is 2.04. The maximum Gasteiger partial charge on any atom is 0.120 e. The summed E-state index contributed by atoms with van der Waals surface area (Å²) in [5, 5.41) is 3.45. The molecule has 0 saturated heterocycles. The van der Waals surface area contributed by atoms with Crippen LogP contribution in [0.2, 0.25) is 0 Å². The molecule has 1 atom stereocenters. The standard InChI is InChI=1S/C16H28N2O/c1-5-18(6-2)11-10-17-13-15(4)19-16-9-7-8-14(3)12-16/h7-9,12,15,17H,5-6,10-11,13H2,1-4H3. The Bertz CT molecular complexity index is 350. The van der Waals surface area contributed by atoms with E-state index in [1.54, 1.807) is 0 Å². The quantitative estimate of drug-likeness (QED) is 0.694.